The Hall–Kier alpha value is -5.48. The molecule has 1 aliphatic carbocycles. The highest BCUT2D eigenvalue weighted by molar-refractivity contribution is 6.29. The molecular weight excluding hydrogens is 638 g/mol. The molecule has 0 amide bonds. The van der Waals surface area contributed by atoms with Crippen LogP contribution in [0.2, 0.25) is 0 Å². The van der Waals surface area contributed by atoms with Gasteiger partial charge < -0.3 is 30.1 Å². The Labute approximate surface area is 298 Å². The Morgan fingerprint density at radius 1 is 0.706 bits per heavy atom. The van der Waals surface area contributed by atoms with Crippen molar-refractivity contribution >= 4 is 22.4 Å². The first-order chi connectivity index (χ1) is 25.1. The molecule has 0 unspecified atom stereocenters. The number of aromatic nitrogens is 2. The first kappa shape index (κ1) is 34.0. The number of aliphatic hydroxyl groups is 1. The molecule has 1 aromatic heterocycles. The summed E-state index contributed by atoms with van der Waals surface area (Å²) in [6, 6.07) is 38.1. The van der Waals surface area contributed by atoms with Crippen molar-refractivity contribution in [3.05, 3.63) is 143 Å². The number of ketones is 1. The molecule has 0 radical (unpaired) electrons. The Bertz CT molecular complexity index is 2080. The Balaban J connectivity index is 1.28. The van der Waals surface area contributed by atoms with Gasteiger partial charge in [0.25, 0.3) is 0 Å². The van der Waals surface area contributed by atoms with Gasteiger partial charge >= 0.3 is 0 Å². The summed E-state index contributed by atoms with van der Waals surface area (Å²) in [6.45, 7) is 4.62. The van der Waals surface area contributed by atoms with E-state index in [0.29, 0.717) is 73.3 Å². The molecule has 1 aliphatic rings. The van der Waals surface area contributed by atoms with E-state index in [2.05, 4.69) is 46.8 Å². The van der Waals surface area contributed by atoms with Gasteiger partial charge in [-0.1, -0.05) is 91.0 Å². The van der Waals surface area contributed by atoms with Gasteiger partial charge in [0.2, 0.25) is 0 Å². The van der Waals surface area contributed by atoms with Crippen molar-refractivity contribution in [1.29, 1.82) is 0 Å². The molecular formula is C42H43N5O4. The van der Waals surface area contributed by atoms with Crippen molar-refractivity contribution in [2.45, 2.75) is 26.3 Å². The number of carbonyl (C=O) groups excluding carboxylic acids is 1. The molecule has 0 atom stereocenters. The SMILES string of the molecule is CN(CCNc1ccc2c3c(nn2CCNCCO)-c2c(OCc4ccccc4)ccc(OCc4ccccc4)c2C(=O)c13)Cc1ccccc1. The standard InChI is InChI=1S/C42H43N5O4/c1-46(27-30-11-5-2-6-12-30)24-22-44-33-17-18-34-38-37(33)42(49)40-36(51-29-32-15-9-4-10-16-32)20-19-35(50-28-31-13-7-3-8-14-31)39(40)41(38)45-47(34)25-21-43-23-26-48/h2-20,43-44,48H,21-29H2,1H3. The molecule has 0 fully saturated rings. The third-order valence-electron chi connectivity index (χ3n) is 9.11. The lowest BCUT2D eigenvalue weighted by atomic mass is 9.85. The van der Waals surface area contributed by atoms with Crippen LogP contribution in [0.1, 0.15) is 32.6 Å². The molecule has 0 saturated heterocycles. The van der Waals surface area contributed by atoms with Gasteiger partial charge in [0.1, 0.15) is 30.4 Å². The summed E-state index contributed by atoms with van der Waals surface area (Å²) in [5.41, 5.74) is 7.26. The fraction of sp³-hybridized carbons (Fsp3) is 0.238. The minimum Gasteiger partial charge on any atom is -0.488 e. The number of rotatable bonds is 17. The minimum atomic E-state index is -0.130. The Morgan fingerprint density at radius 3 is 1.94 bits per heavy atom. The molecule has 3 N–H and O–H groups in total. The highest BCUT2D eigenvalue weighted by Crippen LogP contribution is 2.49. The third kappa shape index (κ3) is 7.66. The van der Waals surface area contributed by atoms with Crippen LogP contribution < -0.4 is 20.1 Å². The number of ether oxygens (including phenoxy) is 2. The summed E-state index contributed by atoms with van der Waals surface area (Å²) in [7, 11) is 2.10. The Kier molecular flexibility index (Phi) is 10.7. The van der Waals surface area contributed by atoms with E-state index >= 15 is 0 Å². The van der Waals surface area contributed by atoms with Gasteiger partial charge in [-0.25, -0.2) is 0 Å². The smallest absolute Gasteiger partial charge is 0.200 e. The first-order valence-electron chi connectivity index (χ1n) is 17.5. The van der Waals surface area contributed by atoms with Crippen molar-refractivity contribution in [1.82, 2.24) is 20.0 Å². The average Bonchev–Trinajstić information content (AvgIpc) is 3.53. The quantitative estimate of drug-likeness (QED) is 0.0934. The number of aliphatic hydroxyl groups excluding tert-OH is 1. The minimum absolute atomic E-state index is 0.0561. The second-order valence-electron chi connectivity index (χ2n) is 12.8. The molecule has 9 heteroatoms. The van der Waals surface area contributed by atoms with Crippen LogP contribution in [0.15, 0.2) is 115 Å². The number of likely N-dealkylation sites (N-methyl/N-ethyl adjacent to an activating group) is 1. The van der Waals surface area contributed by atoms with Crippen LogP contribution in [0.4, 0.5) is 5.69 Å². The normalized spacial score (nSPS) is 11.9. The van der Waals surface area contributed by atoms with Gasteiger partial charge in [-0.15, -0.1) is 0 Å². The van der Waals surface area contributed by atoms with Gasteiger partial charge in [0.15, 0.2) is 5.78 Å². The fourth-order valence-corrected chi connectivity index (χ4v) is 6.61. The van der Waals surface area contributed by atoms with Crippen molar-refractivity contribution < 1.29 is 19.4 Å². The summed E-state index contributed by atoms with van der Waals surface area (Å²) >= 11 is 0. The molecule has 5 aromatic carbocycles. The molecule has 260 valence electrons. The number of anilines is 1. The molecule has 1 heterocycles. The second kappa shape index (κ2) is 16.0. The maximum Gasteiger partial charge on any atom is 0.200 e. The number of nitrogens with one attached hydrogen (secondary N) is 2. The molecule has 51 heavy (non-hydrogen) atoms. The van der Waals surface area contributed by atoms with Crippen LogP contribution >= 0.6 is 0 Å². The van der Waals surface area contributed by atoms with E-state index in [1.54, 1.807) is 0 Å². The number of carbonyl (C=O) groups is 1. The van der Waals surface area contributed by atoms with Gasteiger partial charge in [-0.3, -0.25) is 9.48 Å². The van der Waals surface area contributed by atoms with Gasteiger partial charge in [0, 0.05) is 43.8 Å². The van der Waals surface area contributed by atoms with Crippen LogP contribution in [-0.2, 0) is 26.3 Å². The maximum absolute atomic E-state index is 15.0. The summed E-state index contributed by atoms with van der Waals surface area (Å²) in [6.07, 6.45) is 0. The van der Waals surface area contributed by atoms with E-state index in [1.165, 1.54) is 5.56 Å². The maximum atomic E-state index is 15.0. The van der Waals surface area contributed by atoms with Crippen LogP contribution in [-0.4, -0.2) is 65.4 Å². The second-order valence-corrected chi connectivity index (χ2v) is 12.8. The van der Waals surface area contributed by atoms with Crippen LogP contribution in [0.3, 0.4) is 0 Å². The van der Waals surface area contributed by atoms with E-state index in [1.807, 2.05) is 95.7 Å². The van der Waals surface area contributed by atoms with Crippen molar-refractivity contribution in [3.8, 4) is 22.8 Å². The summed E-state index contributed by atoms with van der Waals surface area (Å²) in [5, 5.41) is 22.1. The lowest BCUT2D eigenvalue weighted by Crippen LogP contribution is -2.25. The molecule has 0 saturated carbocycles. The molecule has 6 aromatic rings. The van der Waals surface area contributed by atoms with Crippen LogP contribution in [0.5, 0.6) is 11.5 Å². The molecule has 7 rings (SSSR count). The predicted octanol–water partition coefficient (Wildman–Crippen LogP) is 6.53. The van der Waals surface area contributed by atoms with Crippen molar-refractivity contribution in [2.75, 3.05) is 45.2 Å². The molecule has 9 nitrogen and oxygen atoms in total. The zero-order chi connectivity index (χ0) is 35.0. The fourth-order valence-electron chi connectivity index (χ4n) is 6.61. The first-order valence-corrected chi connectivity index (χ1v) is 17.5. The number of hydrogen-bond acceptors (Lipinski definition) is 8. The number of benzene rings is 5. The van der Waals surface area contributed by atoms with Crippen LogP contribution in [0.25, 0.3) is 22.2 Å². The lowest BCUT2D eigenvalue weighted by molar-refractivity contribution is 0.103. The van der Waals surface area contributed by atoms with E-state index in [0.717, 1.165) is 40.8 Å². The molecule has 0 bridgehead atoms. The van der Waals surface area contributed by atoms with E-state index < -0.39 is 0 Å². The zero-order valence-electron chi connectivity index (χ0n) is 28.8. The lowest BCUT2D eigenvalue weighted by Gasteiger charge is -2.24. The van der Waals surface area contributed by atoms with Gasteiger partial charge in [-0.05, 0) is 48.0 Å². The molecule has 0 aliphatic heterocycles. The largest absolute Gasteiger partial charge is 0.488 e. The monoisotopic (exact) mass is 681 g/mol. The highest BCUT2D eigenvalue weighted by Gasteiger charge is 2.36. The third-order valence-corrected chi connectivity index (χ3v) is 9.11. The van der Waals surface area contributed by atoms with Crippen LogP contribution in [0, 0.1) is 0 Å². The summed E-state index contributed by atoms with van der Waals surface area (Å²) < 4.78 is 14.8. The van der Waals surface area contributed by atoms with Crippen molar-refractivity contribution in [3.63, 3.8) is 0 Å². The number of hydrogen-bond donors (Lipinski definition) is 3. The number of fused-ring (bicyclic) bond motifs is 2. The van der Waals surface area contributed by atoms with E-state index in [4.69, 9.17) is 14.6 Å². The van der Waals surface area contributed by atoms with Gasteiger partial charge in [0.05, 0.1) is 35.4 Å². The average molecular weight is 682 g/mol. The van der Waals surface area contributed by atoms with Gasteiger partial charge in [-0.2, -0.15) is 5.10 Å². The summed E-state index contributed by atoms with van der Waals surface area (Å²) in [5.74, 6) is 0.932. The summed E-state index contributed by atoms with van der Waals surface area (Å²) in [4.78, 5) is 17.2. The predicted molar refractivity (Wildman–Crippen MR) is 201 cm³/mol. The molecule has 0 spiro atoms. The number of nitrogens with zero attached hydrogens (tertiary/aromatic N) is 3. The topological polar surface area (TPSA) is 101 Å². The highest BCUT2D eigenvalue weighted by atomic mass is 16.5. The Morgan fingerprint density at radius 2 is 1.31 bits per heavy atom. The van der Waals surface area contributed by atoms with E-state index in [-0.39, 0.29) is 12.4 Å². The van der Waals surface area contributed by atoms with E-state index in [9.17, 15) is 9.90 Å². The van der Waals surface area contributed by atoms with Crippen molar-refractivity contribution in [2.24, 2.45) is 0 Å². The zero-order valence-corrected chi connectivity index (χ0v) is 28.8.